The van der Waals surface area contributed by atoms with Crippen molar-refractivity contribution in [2.45, 2.75) is 44.4 Å². The highest BCUT2D eigenvalue weighted by Gasteiger charge is 2.40. The predicted molar refractivity (Wildman–Crippen MR) is 61.4 cm³/mol. The van der Waals surface area contributed by atoms with Gasteiger partial charge in [0.05, 0.1) is 18.8 Å². The molecule has 106 valence electrons. The average Bonchev–Trinajstić information content (AvgIpc) is 2.31. The van der Waals surface area contributed by atoms with Gasteiger partial charge in [0, 0.05) is 19.1 Å². The zero-order chi connectivity index (χ0) is 13.5. The fourth-order valence-corrected chi connectivity index (χ4v) is 1.82. The molecule has 1 aliphatic carbocycles. The van der Waals surface area contributed by atoms with Crippen molar-refractivity contribution in [3.05, 3.63) is 0 Å². The summed E-state index contributed by atoms with van der Waals surface area (Å²) in [6.45, 7) is 1.79. The Morgan fingerprint density at radius 3 is 2.83 bits per heavy atom. The molecule has 1 saturated carbocycles. The maximum absolute atomic E-state index is 11.8. The Morgan fingerprint density at radius 2 is 2.28 bits per heavy atom. The van der Waals surface area contributed by atoms with Gasteiger partial charge in [0.25, 0.3) is 6.43 Å². The molecule has 0 aromatic rings. The maximum Gasteiger partial charge on any atom is 0.261 e. The number of halogens is 2. The number of carbonyl (C=O) groups excluding carboxylic acids is 1. The second-order valence-electron chi connectivity index (χ2n) is 4.20. The normalized spacial score (nSPS) is 27.1. The van der Waals surface area contributed by atoms with E-state index in [9.17, 15) is 13.6 Å². The van der Waals surface area contributed by atoms with Gasteiger partial charge in [0.1, 0.15) is 6.61 Å². The Kier molecular flexibility index (Phi) is 6.45. The molecule has 0 saturated heterocycles. The van der Waals surface area contributed by atoms with E-state index in [4.69, 9.17) is 10.5 Å². The summed E-state index contributed by atoms with van der Waals surface area (Å²) >= 11 is 0. The first-order valence-corrected chi connectivity index (χ1v) is 6.07. The highest BCUT2D eigenvalue weighted by Crippen LogP contribution is 2.22. The van der Waals surface area contributed by atoms with Gasteiger partial charge >= 0.3 is 0 Å². The number of nitrogens with one attached hydrogen (secondary N) is 1. The highest BCUT2D eigenvalue weighted by molar-refractivity contribution is 5.76. The summed E-state index contributed by atoms with van der Waals surface area (Å²) in [4.78, 5) is 11.5. The van der Waals surface area contributed by atoms with Gasteiger partial charge < -0.3 is 20.5 Å². The first-order chi connectivity index (χ1) is 8.54. The number of alkyl halides is 2. The number of hydrogen-bond acceptors (Lipinski definition) is 4. The number of nitrogens with two attached hydrogens (primary N) is 1. The van der Waals surface area contributed by atoms with Gasteiger partial charge in [0.15, 0.2) is 0 Å². The van der Waals surface area contributed by atoms with Crippen LogP contribution in [0.3, 0.4) is 0 Å². The number of carbonyl (C=O) groups is 1. The monoisotopic (exact) mass is 266 g/mol. The van der Waals surface area contributed by atoms with E-state index in [0.29, 0.717) is 6.61 Å². The van der Waals surface area contributed by atoms with Gasteiger partial charge in [-0.15, -0.1) is 0 Å². The molecule has 1 rings (SSSR count). The molecule has 0 aliphatic heterocycles. The molecule has 1 fully saturated rings. The molecule has 5 nitrogen and oxygen atoms in total. The standard InChI is InChI=1S/C11H20F2N2O3/c1-2-18-8-5-7(14)11(8)15-10(16)3-4-17-6-9(12)13/h7-9,11H,2-6,14H2,1H3,(H,15,16). The molecule has 3 atom stereocenters. The van der Waals surface area contributed by atoms with Crippen LogP contribution in [-0.4, -0.2) is 50.3 Å². The first kappa shape index (κ1) is 15.3. The third-order valence-electron chi connectivity index (χ3n) is 2.79. The molecule has 18 heavy (non-hydrogen) atoms. The summed E-state index contributed by atoms with van der Waals surface area (Å²) in [7, 11) is 0. The molecule has 0 aromatic heterocycles. The highest BCUT2D eigenvalue weighted by atomic mass is 19.3. The number of amides is 1. The van der Waals surface area contributed by atoms with Crippen LogP contribution in [0.5, 0.6) is 0 Å². The molecular formula is C11H20F2N2O3. The van der Waals surface area contributed by atoms with Crippen LogP contribution in [0.4, 0.5) is 8.78 Å². The second-order valence-corrected chi connectivity index (χ2v) is 4.20. The van der Waals surface area contributed by atoms with E-state index in [0.717, 1.165) is 6.42 Å². The maximum atomic E-state index is 11.8. The molecule has 0 heterocycles. The van der Waals surface area contributed by atoms with E-state index in [1.54, 1.807) is 0 Å². The summed E-state index contributed by atoms with van der Waals surface area (Å²) in [6, 6.07) is -0.292. The molecule has 3 unspecified atom stereocenters. The van der Waals surface area contributed by atoms with E-state index in [-0.39, 0.29) is 37.1 Å². The van der Waals surface area contributed by atoms with Gasteiger partial charge in [-0.3, -0.25) is 4.79 Å². The Balaban J connectivity index is 2.15. The lowest BCUT2D eigenvalue weighted by Gasteiger charge is -2.42. The van der Waals surface area contributed by atoms with Crippen LogP contribution in [0.2, 0.25) is 0 Å². The Morgan fingerprint density at radius 1 is 1.56 bits per heavy atom. The van der Waals surface area contributed by atoms with Crippen molar-refractivity contribution in [2.75, 3.05) is 19.8 Å². The lowest BCUT2D eigenvalue weighted by Crippen LogP contribution is -2.64. The molecule has 3 N–H and O–H groups in total. The van der Waals surface area contributed by atoms with Crippen molar-refractivity contribution in [3.8, 4) is 0 Å². The Hall–Kier alpha value is -0.790. The lowest BCUT2D eigenvalue weighted by molar-refractivity contribution is -0.127. The third-order valence-corrected chi connectivity index (χ3v) is 2.79. The minimum atomic E-state index is -2.50. The van der Waals surface area contributed by atoms with E-state index < -0.39 is 13.0 Å². The molecule has 0 aromatic carbocycles. The van der Waals surface area contributed by atoms with Crippen molar-refractivity contribution in [3.63, 3.8) is 0 Å². The van der Waals surface area contributed by atoms with E-state index >= 15 is 0 Å². The third kappa shape index (κ3) is 4.83. The summed E-state index contributed by atoms with van der Waals surface area (Å²) < 4.78 is 33.5. The lowest BCUT2D eigenvalue weighted by atomic mass is 9.83. The smallest absolute Gasteiger partial charge is 0.261 e. The fourth-order valence-electron chi connectivity index (χ4n) is 1.82. The SMILES string of the molecule is CCOC1CC(N)C1NC(=O)CCOCC(F)F. The van der Waals surface area contributed by atoms with E-state index in [1.165, 1.54) is 0 Å². The van der Waals surface area contributed by atoms with Crippen molar-refractivity contribution >= 4 is 5.91 Å². The van der Waals surface area contributed by atoms with Crippen molar-refractivity contribution in [1.29, 1.82) is 0 Å². The Labute approximate surface area is 105 Å². The number of hydrogen-bond donors (Lipinski definition) is 2. The predicted octanol–water partition coefficient (Wildman–Crippen LogP) is 0.279. The van der Waals surface area contributed by atoms with Crippen LogP contribution in [0.1, 0.15) is 19.8 Å². The largest absolute Gasteiger partial charge is 0.376 e. The van der Waals surface area contributed by atoms with E-state index in [1.807, 2.05) is 6.92 Å². The molecule has 0 bridgehead atoms. The minimum Gasteiger partial charge on any atom is -0.376 e. The number of ether oxygens (including phenoxy) is 2. The molecule has 1 amide bonds. The topological polar surface area (TPSA) is 73.6 Å². The molecule has 7 heteroatoms. The van der Waals surface area contributed by atoms with Gasteiger partial charge in [-0.2, -0.15) is 0 Å². The fraction of sp³-hybridized carbons (Fsp3) is 0.909. The molecular weight excluding hydrogens is 246 g/mol. The van der Waals surface area contributed by atoms with Gasteiger partial charge in [-0.1, -0.05) is 0 Å². The zero-order valence-corrected chi connectivity index (χ0v) is 10.4. The molecule has 0 radical (unpaired) electrons. The van der Waals surface area contributed by atoms with E-state index in [2.05, 4.69) is 10.1 Å². The minimum absolute atomic E-state index is 0.0164. The van der Waals surface area contributed by atoms with Gasteiger partial charge in [0.2, 0.25) is 5.91 Å². The van der Waals surface area contributed by atoms with Crippen LogP contribution in [0.15, 0.2) is 0 Å². The molecule has 1 aliphatic rings. The van der Waals surface area contributed by atoms with Crippen LogP contribution >= 0.6 is 0 Å². The summed E-state index contributed by atoms with van der Waals surface area (Å²) in [5, 5.41) is 2.73. The van der Waals surface area contributed by atoms with Gasteiger partial charge in [-0.05, 0) is 13.3 Å². The number of rotatable bonds is 8. The summed E-state index contributed by atoms with van der Waals surface area (Å²) in [6.07, 6.45) is -1.78. The molecule has 0 spiro atoms. The van der Waals surface area contributed by atoms with Crippen molar-refractivity contribution in [1.82, 2.24) is 5.32 Å². The summed E-state index contributed by atoms with van der Waals surface area (Å²) in [5.74, 6) is -0.255. The van der Waals surface area contributed by atoms with Crippen LogP contribution < -0.4 is 11.1 Å². The first-order valence-electron chi connectivity index (χ1n) is 6.07. The van der Waals surface area contributed by atoms with Crippen LogP contribution in [0, 0.1) is 0 Å². The Bertz CT molecular complexity index is 265. The quantitative estimate of drug-likeness (QED) is 0.619. The van der Waals surface area contributed by atoms with Crippen molar-refractivity contribution < 1.29 is 23.0 Å². The van der Waals surface area contributed by atoms with Crippen molar-refractivity contribution in [2.24, 2.45) is 5.73 Å². The van der Waals surface area contributed by atoms with Gasteiger partial charge in [-0.25, -0.2) is 8.78 Å². The average molecular weight is 266 g/mol. The van der Waals surface area contributed by atoms with Crippen LogP contribution in [-0.2, 0) is 14.3 Å². The van der Waals surface area contributed by atoms with Crippen LogP contribution in [0.25, 0.3) is 0 Å². The second kappa shape index (κ2) is 7.60. The zero-order valence-electron chi connectivity index (χ0n) is 10.4. The summed E-state index contributed by atoms with van der Waals surface area (Å²) in [5.41, 5.74) is 5.76.